The Morgan fingerprint density at radius 2 is 2.00 bits per heavy atom. The number of alkyl halides is 3. The first-order valence-corrected chi connectivity index (χ1v) is 9.22. The first kappa shape index (κ1) is 19.1. The molecule has 1 aliphatic carbocycles. The average Bonchev–Trinajstić information content (AvgIpc) is 3.14. The number of halogens is 3. The molecular weight excluding hydrogens is 369 g/mol. The maximum atomic E-state index is 13.1. The highest BCUT2D eigenvalue weighted by Crippen LogP contribution is 2.41. The predicted molar refractivity (Wildman–Crippen MR) is 94.7 cm³/mol. The third-order valence-electron chi connectivity index (χ3n) is 4.68. The number of aryl methyl sites for hydroxylation is 1. The summed E-state index contributed by atoms with van der Waals surface area (Å²) in [6.07, 6.45) is -3.93. The molecule has 3 rings (SSSR count). The van der Waals surface area contributed by atoms with Crippen LogP contribution >= 0.6 is 11.3 Å². The van der Waals surface area contributed by atoms with Crippen LogP contribution in [0.5, 0.6) is 0 Å². The average molecular weight is 390 g/mol. The van der Waals surface area contributed by atoms with Crippen molar-refractivity contribution in [3.8, 4) is 0 Å². The molecule has 0 radical (unpaired) electrons. The Balaban J connectivity index is 2.23. The van der Waals surface area contributed by atoms with E-state index in [9.17, 15) is 22.8 Å². The molecule has 0 spiro atoms. The van der Waals surface area contributed by atoms with Crippen LogP contribution in [0.25, 0.3) is 10.2 Å². The van der Waals surface area contributed by atoms with Gasteiger partial charge in [0.25, 0.3) is 5.56 Å². The highest BCUT2D eigenvalue weighted by molar-refractivity contribution is 7.18. The van der Waals surface area contributed by atoms with Gasteiger partial charge in [-0.15, -0.1) is 11.3 Å². The van der Waals surface area contributed by atoms with Crippen molar-refractivity contribution in [3.63, 3.8) is 0 Å². The molecule has 1 saturated carbocycles. The van der Waals surface area contributed by atoms with Gasteiger partial charge < -0.3 is 11.1 Å². The number of hydrogen-bond acceptors (Lipinski definition) is 5. The van der Waals surface area contributed by atoms with E-state index in [0.29, 0.717) is 36.2 Å². The van der Waals surface area contributed by atoms with Crippen LogP contribution in [-0.4, -0.2) is 28.4 Å². The minimum Gasteiger partial charge on any atom is -0.329 e. The number of nitrogens with zero attached hydrogens (tertiary/aromatic N) is 2. The zero-order valence-electron chi connectivity index (χ0n) is 14.5. The molecule has 6 nitrogen and oxygen atoms in total. The summed E-state index contributed by atoms with van der Waals surface area (Å²) in [5.74, 6) is 0.113. The summed E-state index contributed by atoms with van der Waals surface area (Å²) in [6, 6.07) is -0.322. The normalized spacial score (nSPS) is 20.1. The lowest BCUT2D eigenvalue weighted by Crippen LogP contribution is -2.41. The van der Waals surface area contributed by atoms with Crippen molar-refractivity contribution in [3.05, 3.63) is 31.3 Å². The van der Waals surface area contributed by atoms with Crippen LogP contribution < -0.4 is 22.3 Å². The highest BCUT2D eigenvalue weighted by Gasteiger charge is 2.39. The molecule has 3 N–H and O–H groups in total. The largest absolute Gasteiger partial charge is 0.406 e. The molecule has 2 aromatic heterocycles. The van der Waals surface area contributed by atoms with Gasteiger partial charge in [-0.25, -0.2) is 4.79 Å². The van der Waals surface area contributed by atoms with E-state index in [1.807, 2.05) is 6.92 Å². The van der Waals surface area contributed by atoms with Crippen molar-refractivity contribution in [1.29, 1.82) is 0 Å². The third-order valence-corrected chi connectivity index (χ3v) is 6.00. The molecule has 1 aliphatic rings. The van der Waals surface area contributed by atoms with Crippen LogP contribution in [0.3, 0.4) is 0 Å². The van der Waals surface area contributed by atoms with Crippen molar-refractivity contribution < 1.29 is 13.2 Å². The van der Waals surface area contributed by atoms with E-state index in [1.165, 1.54) is 0 Å². The predicted octanol–water partition coefficient (Wildman–Crippen LogP) is 1.72. The van der Waals surface area contributed by atoms with E-state index < -0.39 is 24.0 Å². The molecule has 2 heterocycles. The van der Waals surface area contributed by atoms with Gasteiger partial charge in [0.2, 0.25) is 0 Å². The van der Waals surface area contributed by atoms with Gasteiger partial charge in [-0.1, -0.05) is 6.92 Å². The summed E-state index contributed by atoms with van der Waals surface area (Å²) in [6.45, 7) is 3.55. The lowest BCUT2D eigenvalue weighted by molar-refractivity contribution is -0.140. The molecule has 0 aromatic carbocycles. The van der Waals surface area contributed by atoms with Crippen LogP contribution in [0.4, 0.5) is 13.2 Å². The lowest BCUT2D eigenvalue weighted by atomic mass is 10.2. The van der Waals surface area contributed by atoms with E-state index in [-0.39, 0.29) is 22.2 Å². The van der Waals surface area contributed by atoms with Crippen LogP contribution in [0.15, 0.2) is 9.59 Å². The smallest absolute Gasteiger partial charge is 0.329 e. The zero-order valence-corrected chi connectivity index (χ0v) is 15.3. The van der Waals surface area contributed by atoms with Crippen molar-refractivity contribution in [2.45, 2.75) is 45.6 Å². The summed E-state index contributed by atoms with van der Waals surface area (Å²) in [7, 11) is 0. The Morgan fingerprint density at radius 3 is 2.54 bits per heavy atom. The van der Waals surface area contributed by atoms with Crippen LogP contribution in [0.2, 0.25) is 0 Å². The Bertz CT molecular complexity index is 944. The molecule has 1 fully saturated rings. The van der Waals surface area contributed by atoms with Gasteiger partial charge in [-0.2, -0.15) is 13.2 Å². The molecule has 0 amide bonds. The first-order valence-electron chi connectivity index (χ1n) is 8.40. The van der Waals surface area contributed by atoms with E-state index in [0.717, 1.165) is 20.8 Å². The third kappa shape index (κ3) is 3.45. The second kappa shape index (κ2) is 6.82. The second-order valence-electron chi connectivity index (χ2n) is 6.74. The van der Waals surface area contributed by atoms with Gasteiger partial charge in [0.15, 0.2) is 0 Å². The number of thiophene rings is 1. The number of fused-ring (bicyclic) bond motifs is 1. The molecule has 0 saturated heterocycles. The van der Waals surface area contributed by atoms with Gasteiger partial charge in [0.1, 0.15) is 11.4 Å². The Labute approximate surface area is 151 Å². The van der Waals surface area contributed by atoms with Crippen molar-refractivity contribution in [1.82, 2.24) is 14.5 Å². The van der Waals surface area contributed by atoms with Gasteiger partial charge >= 0.3 is 11.9 Å². The van der Waals surface area contributed by atoms with E-state index in [1.54, 1.807) is 6.92 Å². The van der Waals surface area contributed by atoms with Gasteiger partial charge in [0, 0.05) is 30.6 Å². The summed E-state index contributed by atoms with van der Waals surface area (Å²) in [4.78, 5) is 26.4. The quantitative estimate of drug-likeness (QED) is 0.736. The van der Waals surface area contributed by atoms with Crippen molar-refractivity contribution in [2.24, 2.45) is 11.7 Å². The van der Waals surface area contributed by atoms with Crippen LogP contribution in [0.1, 0.15) is 29.8 Å². The molecule has 0 aliphatic heterocycles. The van der Waals surface area contributed by atoms with Gasteiger partial charge in [0.05, 0.1) is 5.39 Å². The second-order valence-corrected chi connectivity index (χ2v) is 7.82. The van der Waals surface area contributed by atoms with Crippen molar-refractivity contribution >= 4 is 21.6 Å². The number of aromatic nitrogens is 2. The minimum absolute atomic E-state index is 0.0870. The molecule has 10 heteroatoms. The SMILES string of the molecule is Cc1c(CNCCN)sc2c1c(=O)n(C1CC1C)c(=O)n2CC(F)(F)F. The number of hydrogen-bond donors (Lipinski definition) is 2. The molecule has 26 heavy (non-hydrogen) atoms. The monoisotopic (exact) mass is 390 g/mol. The molecule has 2 aromatic rings. The topological polar surface area (TPSA) is 82.1 Å². The standard InChI is InChI=1S/C16H21F3N4O2S/c1-8-5-10(8)23-13(24)12-9(2)11(6-21-4-3-20)26-14(12)22(15(23)25)7-16(17,18)19/h8,10,21H,3-7,20H2,1-2H3. The molecule has 2 unspecified atom stereocenters. The maximum Gasteiger partial charge on any atom is 0.406 e. The van der Waals surface area contributed by atoms with Crippen LogP contribution in [0, 0.1) is 12.8 Å². The Hall–Kier alpha value is -1.65. The maximum absolute atomic E-state index is 13.1. The van der Waals surface area contributed by atoms with Gasteiger partial charge in [-0.05, 0) is 24.8 Å². The summed E-state index contributed by atoms with van der Waals surface area (Å²) in [5, 5.41) is 3.29. The Kier molecular flexibility index (Phi) is 5.02. The van der Waals surface area contributed by atoms with E-state index >= 15 is 0 Å². The fraction of sp³-hybridized carbons (Fsp3) is 0.625. The lowest BCUT2D eigenvalue weighted by Gasteiger charge is -2.13. The van der Waals surface area contributed by atoms with Gasteiger partial charge in [-0.3, -0.25) is 13.9 Å². The summed E-state index contributed by atoms with van der Waals surface area (Å²) < 4.78 is 40.9. The highest BCUT2D eigenvalue weighted by atomic mass is 32.1. The molecular formula is C16H21F3N4O2S. The fourth-order valence-corrected chi connectivity index (χ4v) is 4.41. The van der Waals surface area contributed by atoms with Crippen molar-refractivity contribution in [2.75, 3.05) is 13.1 Å². The fourth-order valence-electron chi connectivity index (χ4n) is 3.16. The first-order chi connectivity index (χ1) is 12.2. The molecule has 144 valence electrons. The molecule has 0 bridgehead atoms. The Morgan fingerprint density at radius 1 is 1.35 bits per heavy atom. The molecule has 2 atom stereocenters. The number of nitrogens with one attached hydrogen (secondary N) is 1. The van der Waals surface area contributed by atoms with E-state index in [4.69, 9.17) is 5.73 Å². The van der Waals surface area contributed by atoms with Crippen LogP contribution in [-0.2, 0) is 13.1 Å². The zero-order chi connectivity index (χ0) is 19.2. The van der Waals surface area contributed by atoms with E-state index in [2.05, 4.69) is 5.32 Å². The number of nitrogens with two attached hydrogens (primary N) is 1. The summed E-state index contributed by atoms with van der Waals surface area (Å²) in [5.41, 5.74) is 4.69. The minimum atomic E-state index is -4.55. The number of rotatable bonds is 6. The summed E-state index contributed by atoms with van der Waals surface area (Å²) >= 11 is 1.06.